The van der Waals surface area contributed by atoms with Crippen LogP contribution in [-0.4, -0.2) is 60.4 Å². The van der Waals surface area contributed by atoms with E-state index >= 15 is 0 Å². The molecule has 0 radical (unpaired) electrons. The molecule has 1 aromatic heterocycles. The highest BCUT2D eigenvalue weighted by atomic mass is 32.1. The Bertz CT molecular complexity index is 1240. The van der Waals surface area contributed by atoms with Crippen LogP contribution in [0.15, 0.2) is 42.7 Å². The van der Waals surface area contributed by atoms with Crippen molar-refractivity contribution in [3.63, 3.8) is 0 Å². The topological polar surface area (TPSA) is 62.8 Å². The first-order valence-corrected chi connectivity index (χ1v) is 14.3. The van der Waals surface area contributed by atoms with Gasteiger partial charge in [0.15, 0.2) is 16.6 Å². The van der Waals surface area contributed by atoms with Crippen LogP contribution >= 0.6 is 12.2 Å². The van der Waals surface area contributed by atoms with E-state index in [0.717, 1.165) is 59.6 Å². The summed E-state index contributed by atoms with van der Waals surface area (Å²) in [5, 5.41) is 5.19. The number of hydrogen-bond acceptors (Lipinski definition) is 6. The molecule has 0 unspecified atom stereocenters. The molecule has 0 spiro atoms. The SMILES string of the molecule is CCCC1CCC(c2ccc(NC(=S)N3CCN(c4ncnc5cc(OC)c(OC)cc45)CC3)cc2)CC1. The number of nitrogens with one attached hydrogen (secondary N) is 1. The molecular weight excluding hydrogens is 494 g/mol. The van der Waals surface area contributed by atoms with Gasteiger partial charge in [0, 0.05) is 43.3 Å². The average molecular weight is 534 g/mol. The number of nitrogens with zero attached hydrogens (tertiary/aromatic N) is 4. The zero-order valence-corrected chi connectivity index (χ0v) is 23.6. The minimum Gasteiger partial charge on any atom is -0.493 e. The van der Waals surface area contributed by atoms with Gasteiger partial charge in [-0.05, 0) is 73.5 Å². The number of anilines is 2. The van der Waals surface area contributed by atoms with Crippen molar-refractivity contribution in [2.24, 2.45) is 5.92 Å². The third-order valence-corrected chi connectivity index (χ3v) is 8.52. The fraction of sp³-hybridized carbons (Fsp3) is 0.500. The van der Waals surface area contributed by atoms with E-state index in [1.807, 2.05) is 12.1 Å². The second kappa shape index (κ2) is 12.2. The number of fused-ring (bicyclic) bond motifs is 1. The molecule has 8 heteroatoms. The monoisotopic (exact) mass is 533 g/mol. The number of aromatic nitrogens is 2. The van der Waals surface area contributed by atoms with E-state index in [2.05, 4.69) is 56.3 Å². The summed E-state index contributed by atoms with van der Waals surface area (Å²) in [6.07, 6.45) is 9.71. The lowest BCUT2D eigenvalue weighted by Crippen LogP contribution is -2.50. The Balaban J connectivity index is 1.17. The maximum atomic E-state index is 5.78. The molecule has 0 amide bonds. The number of piperazine rings is 1. The summed E-state index contributed by atoms with van der Waals surface area (Å²) in [5.74, 6) is 3.90. The lowest BCUT2D eigenvalue weighted by atomic mass is 9.77. The van der Waals surface area contributed by atoms with Crippen LogP contribution in [0, 0.1) is 5.92 Å². The summed E-state index contributed by atoms with van der Waals surface area (Å²) in [6, 6.07) is 12.8. The molecule has 2 aliphatic rings. The zero-order chi connectivity index (χ0) is 26.5. The Morgan fingerprint density at radius 2 is 1.63 bits per heavy atom. The molecular formula is C30H39N5O2S. The first-order valence-electron chi connectivity index (χ1n) is 13.9. The van der Waals surface area contributed by atoms with Gasteiger partial charge in [0.25, 0.3) is 0 Å². The first kappa shape index (κ1) is 26.5. The number of rotatable bonds is 7. The van der Waals surface area contributed by atoms with E-state index < -0.39 is 0 Å². The van der Waals surface area contributed by atoms with Gasteiger partial charge < -0.3 is 24.6 Å². The van der Waals surface area contributed by atoms with Gasteiger partial charge in [0.2, 0.25) is 0 Å². The quantitative estimate of drug-likeness (QED) is 0.358. The maximum Gasteiger partial charge on any atom is 0.173 e. The van der Waals surface area contributed by atoms with E-state index in [-0.39, 0.29) is 0 Å². The molecule has 0 atom stereocenters. The van der Waals surface area contributed by atoms with Crippen LogP contribution in [0.25, 0.3) is 10.9 Å². The first-order chi connectivity index (χ1) is 18.6. The molecule has 1 N–H and O–H groups in total. The van der Waals surface area contributed by atoms with Gasteiger partial charge in [-0.1, -0.05) is 31.9 Å². The molecule has 7 nitrogen and oxygen atoms in total. The molecule has 0 bridgehead atoms. The van der Waals surface area contributed by atoms with Gasteiger partial charge in [-0.25, -0.2) is 9.97 Å². The minimum atomic E-state index is 0.665. The number of thiocarbonyl (C=S) groups is 1. The number of hydrogen-bond donors (Lipinski definition) is 1. The van der Waals surface area contributed by atoms with Crippen LogP contribution in [0.5, 0.6) is 11.5 Å². The molecule has 1 aliphatic heterocycles. The normalized spacial score (nSPS) is 19.9. The Hall–Kier alpha value is -3.13. The molecule has 5 rings (SSSR count). The fourth-order valence-electron chi connectivity index (χ4n) is 5.98. The number of methoxy groups -OCH3 is 2. The number of benzene rings is 2. The fourth-order valence-corrected chi connectivity index (χ4v) is 6.28. The molecule has 2 heterocycles. The molecule has 38 heavy (non-hydrogen) atoms. The van der Waals surface area contributed by atoms with E-state index in [1.54, 1.807) is 20.5 Å². The van der Waals surface area contributed by atoms with E-state index in [9.17, 15) is 0 Å². The Morgan fingerprint density at radius 1 is 0.947 bits per heavy atom. The summed E-state index contributed by atoms with van der Waals surface area (Å²) in [7, 11) is 3.28. The van der Waals surface area contributed by atoms with E-state index in [4.69, 9.17) is 21.7 Å². The van der Waals surface area contributed by atoms with Crippen molar-refractivity contribution in [3.8, 4) is 11.5 Å². The highest BCUT2D eigenvalue weighted by Gasteiger charge is 2.24. The summed E-state index contributed by atoms with van der Waals surface area (Å²) >= 11 is 5.78. The van der Waals surface area contributed by atoms with Crippen LogP contribution in [0.4, 0.5) is 11.5 Å². The summed E-state index contributed by atoms with van der Waals surface area (Å²) in [4.78, 5) is 13.6. The largest absolute Gasteiger partial charge is 0.493 e. The van der Waals surface area contributed by atoms with Gasteiger partial charge >= 0.3 is 0 Å². The van der Waals surface area contributed by atoms with Gasteiger partial charge in [-0.3, -0.25) is 0 Å². The molecule has 3 aromatic rings. The van der Waals surface area contributed by atoms with Crippen LogP contribution in [0.2, 0.25) is 0 Å². The second-order valence-corrected chi connectivity index (χ2v) is 10.8. The summed E-state index contributed by atoms with van der Waals surface area (Å²) in [6.45, 7) is 5.59. The molecule has 2 aromatic carbocycles. The molecule has 1 saturated carbocycles. The summed E-state index contributed by atoms with van der Waals surface area (Å²) in [5.41, 5.74) is 3.37. The second-order valence-electron chi connectivity index (χ2n) is 10.5. The third-order valence-electron chi connectivity index (χ3n) is 8.16. The zero-order valence-electron chi connectivity index (χ0n) is 22.8. The van der Waals surface area contributed by atoms with Crippen LogP contribution in [0.3, 0.4) is 0 Å². The predicted molar refractivity (Wildman–Crippen MR) is 159 cm³/mol. The number of ether oxygens (including phenoxy) is 2. The van der Waals surface area contributed by atoms with Gasteiger partial charge in [0.05, 0.1) is 19.7 Å². The lowest BCUT2D eigenvalue weighted by molar-refractivity contribution is 0.308. The van der Waals surface area contributed by atoms with Gasteiger partial charge in [0.1, 0.15) is 12.1 Å². The molecule has 1 saturated heterocycles. The van der Waals surface area contributed by atoms with Crippen LogP contribution in [-0.2, 0) is 0 Å². The van der Waals surface area contributed by atoms with Crippen molar-refractivity contribution in [1.29, 1.82) is 0 Å². The van der Waals surface area contributed by atoms with E-state index in [1.165, 1.54) is 44.1 Å². The van der Waals surface area contributed by atoms with Crippen molar-refractivity contribution in [1.82, 2.24) is 14.9 Å². The Morgan fingerprint density at radius 3 is 2.29 bits per heavy atom. The average Bonchev–Trinajstić information content (AvgIpc) is 2.97. The standard InChI is InChI=1S/C30H39N5O2S/c1-4-5-21-6-8-22(9-7-21)23-10-12-24(13-11-23)33-30(38)35-16-14-34(15-17-35)29-25-18-27(36-2)28(37-3)19-26(25)31-20-32-29/h10-13,18-22H,4-9,14-17H2,1-3H3,(H,33,38). The minimum absolute atomic E-state index is 0.665. The lowest BCUT2D eigenvalue weighted by Gasteiger charge is -2.37. The van der Waals surface area contributed by atoms with Gasteiger partial charge in [-0.15, -0.1) is 0 Å². The smallest absolute Gasteiger partial charge is 0.173 e. The highest BCUT2D eigenvalue weighted by Crippen LogP contribution is 2.38. The van der Waals surface area contributed by atoms with Crippen LogP contribution in [0.1, 0.15) is 56.9 Å². The van der Waals surface area contributed by atoms with Crippen LogP contribution < -0.4 is 19.7 Å². The Kier molecular flexibility index (Phi) is 8.47. The molecule has 1 aliphatic carbocycles. The van der Waals surface area contributed by atoms with E-state index in [0.29, 0.717) is 17.4 Å². The van der Waals surface area contributed by atoms with Crippen molar-refractivity contribution in [2.45, 2.75) is 51.4 Å². The third kappa shape index (κ3) is 5.80. The molecule has 202 valence electrons. The molecule has 2 fully saturated rings. The van der Waals surface area contributed by atoms with Crippen molar-refractivity contribution in [2.75, 3.05) is 50.6 Å². The van der Waals surface area contributed by atoms with Crippen molar-refractivity contribution < 1.29 is 9.47 Å². The highest BCUT2D eigenvalue weighted by molar-refractivity contribution is 7.80. The Labute approximate surface area is 231 Å². The van der Waals surface area contributed by atoms with Gasteiger partial charge in [-0.2, -0.15) is 0 Å². The summed E-state index contributed by atoms with van der Waals surface area (Å²) < 4.78 is 11.0. The van der Waals surface area contributed by atoms with Crippen molar-refractivity contribution >= 4 is 39.7 Å². The maximum absolute atomic E-state index is 5.78. The predicted octanol–water partition coefficient (Wildman–Crippen LogP) is 6.24. The van der Waals surface area contributed by atoms with Crippen molar-refractivity contribution in [3.05, 3.63) is 48.3 Å².